The number of nitrogens with zero attached hydrogens (tertiary/aromatic N) is 4. The monoisotopic (exact) mass is 836 g/mol. The summed E-state index contributed by atoms with van der Waals surface area (Å²) in [4.78, 5) is 4.31. The minimum atomic E-state index is 0.573. The van der Waals surface area contributed by atoms with E-state index in [-0.39, 0.29) is 0 Å². The normalized spacial score (nSPS) is 11.9. The highest BCUT2D eigenvalue weighted by molar-refractivity contribution is 7.27. The van der Waals surface area contributed by atoms with E-state index in [1.807, 2.05) is 46.9 Å². The number of aromatic nitrogens is 2. The third-order valence-corrected chi connectivity index (χ3v) is 15.3. The van der Waals surface area contributed by atoms with E-state index >= 15 is 0 Å². The maximum atomic E-state index is 9.78. The van der Waals surface area contributed by atoms with Crippen LogP contribution in [-0.2, 0) is 0 Å². The van der Waals surface area contributed by atoms with Gasteiger partial charge in [0.2, 0.25) is 0 Å². The second-order valence-corrected chi connectivity index (χ2v) is 18.3. The van der Waals surface area contributed by atoms with Gasteiger partial charge in [-0.1, -0.05) is 109 Å². The van der Waals surface area contributed by atoms with Crippen molar-refractivity contribution in [3.05, 3.63) is 198 Å². The Balaban J connectivity index is 1.17. The molecule has 0 spiro atoms. The molecule has 6 heteroatoms. The van der Waals surface area contributed by atoms with Gasteiger partial charge in [0.05, 0.1) is 46.0 Å². The number of fused-ring (bicyclic) bond motifs is 14. The van der Waals surface area contributed by atoms with Gasteiger partial charge in [-0.15, -0.1) is 22.7 Å². The predicted octanol–water partition coefficient (Wildman–Crippen LogP) is 16.7. The second-order valence-electron chi connectivity index (χ2n) is 16.2. The van der Waals surface area contributed by atoms with Crippen LogP contribution in [0.4, 0.5) is 5.69 Å². The number of hydrogen-bond donors (Lipinski definition) is 0. The lowest BCUT2D eigenvalue weighted by Crippen LogP contribution is -2.02. The molecule has 9 aromatic carbocycles. The minimum Gasteiger partial charge on any atom is -0.310 e. The highest BCUT2D eigenvalue weighted by Crippen LogP contribution is 2.49. The number of rotatable bonds is 4. The van der Waals surface area contributed by atoms with E-state index in [0.717, 1.165) is 61.3 Å². The third kappa shape index (κ3) is 5.05. The quantitative estimate of drug-likeness (QED) is 0.163. The van der Waals surface area contributed by atoms with Crippen molar-refractivity contribution in [1.82, 2.24) is 9.13 Å². The SMILES string of the molecule is [C-]#[N+]c1cccc(-n2c3ccccc3c3c4sc5ccccc5c4ccc32)c1-c1cc(-c2ccc(C#N)cc2C)ccc1-n1c2ccccc2c2c3sc4ccccc4c3ccc21. The fourth-order valence-corrected chi connectivity index (χ4v) is 12.7. The Morgan fingerprint density at radius 3 is 1.65 bits per heavy atom. The zero-order valence-corrected chi connectivity index (χ0v) is 35.5. The molecule has 4 nitrogen and oxygen atoms in total. The molecule has 0 radical (unpaired) electrons. The Kier molecular flexibility index (Phi) is 7.66. The van der Waals surface area contributed by atoms with Crippen molar-refractivity contribution in [1.29, 1.82) is 5.26 Å². The van der Waals surface area contributed by atoms with Crippen LogP contribution in [0.3, 0.4) is 0 Å². The molecule has 0 atom stereocenters. The van der Waals surface area contributed by atoms with Gasteiger partial charge in [-0.2, -0.15) is 5.26 Å². The molecule has 0 bridgehead atoms. The number of thiophene rings is 2. The van der Waals surface area contributed by atoms with Crippen molar-refractivity contribution in [2.45, 2.75) is 6.92 Å². The Labute approximate surface area is 369 Å². The molecule has 0 N–H and O–H groups in total. The van der Waals surface area contributed by atoms with Gasteiger partial charge in [0.25, 0.3) is 0 Å². The van der Waals surface area contributed by atoms with Gasteiger partial charge in [-0.05, 0) is 95.9 Å². The average molecular weight is 837 g/mol. The average Bonchev–Trinajstić information content (AvgIpc) is 4.08. The lowest BCUT2D eigenvalue weighted by Gasteiger charge is -2.21. The fourth-order valence-electron chi connectivity index (χ4n) is 10.2. The minimum absolute atomic E-state index is 0.573. The first kappa shape index (κ1) is 35.7. The molecular formula is C57H32N4S2. The Morgan fingerprint density at radius 2 is 1.06 bits per heavy atom. The molecule has 0 saturated carbocycles. The van der Waals surface area contributed by atoms with E-state index in [9.17, 15) is 5.26 Å². The number of para-hydroxylation sites is 2. The Bertz CT molecular complexity index is 4200. The maximum absolute atomic E-state index is 9.78. The van der Waals surface area contributed by atoms with Crippen molar-refractivity contribution < 1.29 is 0 Å². The zero-order valence-electron chi connectivity index (χ0n) is 33.8. The molecule has 0 aliphatic rings. The Morgan fingerprint density at radius 1 is 0.492 bits per heavy atom. The van der Waals surface area contributed by atoms with Gasteiger partial charge in [0.1, 0.15) is 0 Å². The number of benzene rings is 9. The summed E-state index contributed by atoms with van der Waals surface area (Å²) < 4.78 is 9.88. The van der Waals surface area contributed by atoms with Crippen LogP contribution in [0.5, 0.6) is 0 Å². The molecule has 4 aromatic heterocycles. The van der Waals surface area contributed by atoms with Crippen molar-refractivity contribution >= 4 is 112 Å². The molecule has 4 heterocycles. The summed E-state index contributed by atoms with van der Waals surface area (Å²) in [5.41, 5.74) is 12.4. The van der Waals surface area contributed by atoms with Crippen LogP contribution in [0, 0.1) is 24.8 Å². The van der Waals surface area contributed by atoms with Gasteiger partial charge in [0.15, 0.2) is 5.69 Å². The van der Waals surface area contributed by atoms with Crippen LogP contribution < -0.4 is 0 Å². The van der Waals surface area contributed by atoms with Gasteiger partial charge in [-0.3, -0.25) is 0 Å². The van der Waals surface area contributed by atoms with E-state index in [4.69, 9.17) is 6.57 Å². The third-order valence-electron chi connectivity index (χ3n) is 12.9. The van der Waals surface area contributed by atoms with E-state index in [1.165, 1.54) is 61.9 Å². The lowest BCUT2D eigenvalue weighted by molar-refractivity contribution is 1.16. The maximum Gasteiger partial charge on any atom is 0.197 e. The largest absolute Gasteiger partial charge is 0.310 e. The lowest BCUT2D eigenvalue weighted by atomic mass is 9.92. The van der Waals surface area contributed by atoms with E-state index in [2.05, 4.69) is 179 Å². The number of aryl methyl sites for hydroxylation is 1. The molecule has 0 saturated heterocycles. The molecule has 0 fully saturated rings. The first-order valence-corrected chi connectivity index (χ1v) is 22.6. The van der Waals surface area contributed by atoms with Crippen LogP contribution in [-0.4, -0.2) is 9.13 Å². The van der Waals surface area contributed by atoms with E-state index < -0.39 is 0 Å². The summed E-state index contributed by atoms with van der Waals surface area (Å²) >= 11 is 3.70. The number of hydrogen-bond acceptors (Lipinski definition) is 3. The van der Waals surface area contributed by atoms with Crippen molar-refractivity contribution in [3.63, 3.8) is 0 Å². The Hall–Kier alpha value is -8.00. The van der Waals surface area contributed by atoms with Crippen molar-refractivity contribution in [2.24, 2.45) is 0 Å². The molecular weight excluding hydrogens is 805 g/mol. The summed E-state index contributed by atoms with van der Waals surface area (Å²) in [6.45, 7) is 10.8. The molecule has 0 aliphatic carbocycles. The van der Waals surface area contributed by atoms with Gasteiger partial charge >= 0.3 is 0 Å². The van der Waals surface area contributed by atoms with Crippen LogP contribution >= 0.6 is 22.7 Å². The van der Waals surface area contributed by atoms with Crippen LogP contribution in [0.15, 0.2) is 176 Å². The summed E-state index contributed by atoms with van der Waals surface area (Å²) in [6, 6.07) is 65.0. The standard InChI is InChI=1S/C57H32N4S2/c1-33-30-34(32-58)22-24-36(33)35-23-27-47(60-45-17-7-3-14-41(45)54-49(60)28-25-39-37-12-5-9-20-51(37)62-56(39)54)43(31-35)53-44(59-2)16-11-19-48(53)61-46-18-8-4-15-42(46)55-50(61)29-26-40-38-13-6-10-21-52(38)63-57(40)55/h3-31H,1H3. The first-order valence-electron chi connectivity index (χ1n) is 20.9. The van der Waals surface area contributed by atoms with Crippen molar-refractivity contribution in [2.75, 3.05) is 0 Å². The smallest absolute Gasteiger partial charge is 0.197 e. The molecule has 292 valence electrons. The molecule has 0 aliphatic heterocycles. The first-order chi connectivity index (χ1) is 31.1. The molecule has 13 rings (SSSR count). The number of nitriles is 1. The fraction of sp³-hybridized carbons (Fsp3) is 0.0175. The summed E-state index contributed by atoms with van der Waals surface area (Å²) in [5.74, 6) is 0. The van der Waals surface area contributed by atoms with Crippen LogP contribution in [0.25, 0.3) is 122 Å². The predicted molar refractivity (Wildman–Crippen MR) is 267 cm³/mol. The van der Waals surface area contributed by atoms with Crippen LogP contribution in [0.2, 0.25) is 0 Å². The molecule has 0 amide bonds. The highest BCUT2D eigenvalue weighted by atomic mass is 32.1. The van der Waals surface area contributed by atoms with Gasteiger partial charge in [0, 0.05) is 73.1 Å². The second kappa shape index (κ2) is 13.5. The zero-order chi connectivity index (χ0) is 41.9. The summed E-state index contributed by atoms with van der Waals surface area (Å²) in [5, 5.41) is 19.7. The van der Waals surface area contributed by atoms with Gasteiger partial charge < -0.3 is 9.13 Å². The van der Waals surface area contributed by atoms with E-state index in [1.54, 1.807) is 0 Å². The molecule has 63 heavy (non-hydrogen) atoms. The van der Waals surface area contributed by atoms with Crippen molar-refractivity contribution in [3.8, 4) is 39.7 Å². The summed E-state index contributed by atoms with van der Waals surface area (Å²) in [7, 11) is 0. The molecule has 13 aromatic rings. The van der Waals surface area contributed by atoms with Gasteiger partial charge in [-0.25, -0.2) is 4.85 Å². The topological polar surface area (TPSA) is 38.0 Å². The van der Waals surface area contributed by atoms with Crippen LogP contribution in [0.1, 0.15) is 11.1 Å². The highest BCUT2D eigenvalue weighted by Gasteiger charge is 2.25. The van der Waals surface area contributed by atoms with E-state index in [0.29, 0.717) is 11.3 Å². The summed E-state index contributed by atoms with van der Waals surface area (Å²) in [6.07, 6.45) is 0. The molecule has 0 unspecified atom stereocenters.